The van der Waals surface area contributed by atoms with Gasteiger partial charge in [-0.3, -0.25) is 4.79 Å². The Hall–Kier alpha value is -4.32. The normalized spacial score (nSPS) is 14.7. The molecule has 1 saturated heterocycles. The predicted octanol–water partition coefficient (Wildman–Crippen LogP) is 4.56. The molecule has 3 heterocycles. The van der Waals surface area contributed by atoms with Crippen molar-refractivity contribution in [1.29, 1.82) is 0 Å². The Morgan fingerprint density at radius 3 is 2.58 bits per heavy atom. The first-order valence-corrected chi connectivity index (χ1v) is 12.9. The molecule has 0 saturated carbocycles. The van der Waals surface area contributed by atoms with Gasteiger partial charge in [0.2, 0.25) is 5.95 Å². The van der Waals surface area contributed by atoms with Crippen LogP contribution in [0.2, 0.25) is 0 Å². The molecule has 1 fully saturated rings. The summed E-state index contributed by atoms with van der Waals surface area (Å²) in [4.78, 5) is 35.4. The highest BCUT2D eigenvalue weighted by atomic mass is 19.4. The van der Waals surface area contributed by atoms with Crippen LogP contribution in [-0.2, 0) is 12.7 Å². The quantitative estimate of drug-likeness (QED) is 0.361. The van der Waals surface area contributed by atoms with Crippen molar-refractivity contribution >= 4 is 34.4 Å². The molecule has 12 heteroatoms. The molecule has 208 valence electrons. The van der Waals surface area contributed by atoms with Gasteiger partial charge in [-0.1, -0.05) is 18.2 Å². The Bertz CT molecular complexity index is 1510. The lowest BCUT2D eigenvalue weighted by Crippen LogP contribution is -2.30. The Balaban J connectivity index is 1.33. The summed E-state index contributed by atoms with van der Waals surface area (Å²) in [5, 5.41) is 6.06. The average Bonchev–Trinajstić information content (AvgIpc) is 3.17. The number of aryl methyl sites for hydroxylation is 1. The summed E-state index contributed by atoms with van der Waals surface area (Å²) in [6.07, 6.45) is -0.261. The van der Waals surface area contributed by atoms with Crippen LogP contribution >= 0.6 is 0 Å². The van der Waals surface area contributed by atoms with Gasteiger partial charge in [-0.05, 0) is 62.3 Å². The van der Waals surface area contributed by atoms with E-state index in [1.165, 1.54) is 18.5 Å². The van der Waals surface area contributed by atoms with Gasteiger partial charge in [-0.15, -0.1) is 0 Å². The number of nitrogens with one attached hydrogen (secondary N) is 2. The van der Waals surface area contributed by atoms with E-state index in [1.807, 2.05) is 13.0 Å². The van der Waals surface area contributed by atoms with Crippen molar-refractivity contribution in [1.82, 2.24) is 30.2 Å². The maximum Gasteiger partial charge on any atom is 0.416 e. The van der Waals surface area contributed by atoms with Gasteiger partial charge in [0, 0.05) is 37.4 Å². The maximum atomic E-state index is 12.9. The number of alkyl halides is 3. The van der Waals surface area contributed by atoms with Crippen LogP contribution in [-0.4, -0.2) is 64.0 Å². The van der Waals surface area contributed by atoms with Crippen LogP contribution in [0, 0.1) is 6.92 Å². The van der Waals surface area contributed by atoms with E-state index < -0.39 is 11.7 Å². The number of rotatable bonds is 6. The first-order chi connectivity index (χ1) is 19.2. The molecule has 0 spiro atoms. The fourth-order valence-corrected chi connectivity index (χ4v) is 4.46. The molecule has 0 atom stereocenters. The van der Waals surface area contributed by atoms with Gasteiger partial charge in [0.15, 0.2) is 5.82 Å². The molecule has 9 nitrogen and oxygen atoms in total. The van der Waals surface area contributed by atoms with Crippen LogP contribution in [0.4, 0.5) is 30.6 Å². The molecule has 2 aromatic heterocycles. The molecule has 40 heavy (non-hydrogen) atoms. The van der Waals surface area contributed by atoms with Gasteiger partial charge in [0.25, 0.3) is 5.91 Å². The summed E-state index contributed by atoms with van der Waals surface area (Å²) < 4.78 is 38.4. The molecule has 1 aliphatic rings. The zero-order chi connectivity index (χ0) is 28.3. The monoisotopic (exact) mass is 550 g/mol. The Morgan fingerprint density at radius 2 is 1.80 bits per heavy atom. The number of benzene rings is 2. The largest absolute Gasteiger partial charge is 0.416 e. The highest BCUT2D eigenvalue weighted by Crippen LogP contribution is 2.29. The first kappa shape index (κ1) is 27.3. The molecule has 2 N–H and O–H groups in total. The number of likely N-dealkylation sites (N-methyl/N-ethyl adjacent to an activating group) is 1. The lowest BCUT2D eigenvalue weighted by Gasteiger charge is -2.20. The minimum absolute atomic E-state index is 0.0934. The van der Waals surface area contributed by atoms with Crippen LogP contribution in [0.15, 0.2) is 55.0 Å². The van der Waals surface area contributed by atoms with E-state index in [0.29, 0.717) is 39.6 Å². The molecular weight excluding hydrogens is 521 g/mol. The van der Waals surface area contributed by atoms with E-state index in [4.69, 9.17) is 4.98 Å². The number of nitrogens with zero attached hydrogens (tertiary/aromatic N) is 6. The summed E-state index contributed by atoms with van der Waals surface area (Å²) in [6, 6.07) is 9.92. The summed E-state index contributed by atoms with van der Waals surface area (Å²) >= 11 is 0. The molecule has 0 aliphatic carbocycles. The van der Waals surface area contributed by atoms with Crippen molar-refractivity contribution in [3.8, 4) is 0 Å². The standard InChI is InChI=1S/C28H29F3N8O/c1-18-4-7-20(26(40)32-15-19-5-8-21(9-6-19)28(29,30)31)14-22(18)36-25-24-23(34-17-35-25)16-33-27(37-24)39-11-3-10-38(2)12-13-39/h4-9,14,16-17H,3,10-13,15H2,1-2H3,(H,32,40)(H,34,35,36). The molecular formula is C28H29F3N8O. The first-order valence-electron chi connectivity index (χ1n) is 12.9. The van der Waals surface area contributed by atoms with Crippen LogP contribution in [0.25, 0.3) is 11.0 Å². The number of amides is 1. The van der Waals surface area contributed by atoms with E-state index in [9.17, 15) is 18.0 Å². The zero-order valence-electron chi connectivity index (χ0n) is 22.2. The Labute approximate surface area is 229 Å². The SMILES string of the molecule is Cc1ccc(C(=O)NCc2ccc(C(F)(F)F)cc2)cc1Nc1ncnc2cnc(N3CCCN(C)CC3)nc12. The molecule has 2 aromatic carbocycles. The van der Waals surface area contributed by atoms with Crippen molar-refractivity contribution < 1.29 is 18.0 Å². The van der Waals surface area contributed by atoms with E-state index in [0.717, 1.165) is 50.3 Å². The van der Waals surface area contributed by atoms with Crippen molar-refractivity contribution in [3.63, 3.8) is 0 Å². The van der Waals surface area contributed by atoms with Crippen LogP contribution in [0.3, 0.4) is 0 Å². The number of carbonyl (C=O) groups is 1. The van der Waals surface area contributed by atoms with E-state index in [2.05, 4.69) is 42.4 Å². The zero-order valence-corrected chi connectivity index (χ0v) is 22.2. The fraction of sp³-hybridized carbons (Fsp3) is 0.321. The second kappa shape index (κ2) is 11.4. The smallest absolute Gasteiger partial charge is 0.348 e. The summed E-state index contributed by atoms with van der Waals surface area (Å²) in [7, 11) is 2.10. The Kier molecular flexibility index (Phi) is 7.78. The lowest BCUT2D eigenvalue weighted by atomic mass is 10.1. The third kappa shape index (κ3) is 6.28. The minimum atomic E-state index is -4.40. The highest BCUT2D eigenvalue weighted by Gasteiger charge is 2.30. The molecule has 1 aliphatic heterocycles. The number of fused-ring (bicyclic) bond motifs is 1. The van der Waals surface area contributed by atoms with Crippen LogP contribution in [0.5, 0.6) is 0 Å². The number of halogens is 3. The second-order valence-corrected chi connectivity index (χ2v) is 9.80. The van der Waals surface area contributed by atoms with E-state index in [1.54, 1.807) is 18.3 Å². The molecule has 0 bridgehead atoms. The van der Waals surface area contributed by atoms with Crippen molar-refractivity contribution in [2.45, 2.75) is 26.1 Å². The van der Waals surface area contributed by atoms with Gasteiger partial charge < -0.3 is 20.4 Å². The van der Waals surface area contributed by atoms with Crippen molar-refractivity contribution in [2.24, 2.45) is 0 Å². The topological polar surface area (TPSA) is 99.2 Å². The molecule has 5 rings (SSSR count). The van der Waals surface area contributed by atoms with Gasteiger partial charge in [-0.2, -0.15) is 13.2 Å². The minimum Gasteiger partial charge on any atom is -0.348 e. The molecule has 0 radical (unpaired) electrons. The second-order valence-electron chi connectivity index (χ2n) is 9.80. The molecule has 1 amide bonds. The maximum absolute atomic E-state index is 12.9. The Morgan fingerprint density at radius 1 is 1.00 bits per heavy atom. The number of hydrogen-bond donors (Lipinski definition) is 2. The van der Waals surface area contributed by atoms with E-state index >= 15 is 0 Å². The van der Waals surface area contributed by atoms with Gasteiger partial charge in [0.05, 0.1) is 11.8 Å². The van der Waals surface area contributed by atoms with Crippen molar-refractivity contribution in [2.75, 3.05) is 43.4 Å². The van der Waals surface area contributed by atoms with Gasteiger partial charge in [0.1, 0.15) is 17.4 Å². The average molecular weight is 551 g/mol. The van der Waals surface area contributed by atoms with Crippen LogP contribution in [0.1, 0.15) is 33.5 Å². The summed E-state index contributed by atoms with van der Waals surface area (Å²) in [5.41, 5.74) is 2.94. The number of anilines is 3. The summed E-state index contributed by atoms with van der Waals surface area (Å²) in [6.45, 7) is 5.62. The van der Waals surface area contributed by atoms with E-state index in [-0.39, 0.29) is 12.5 Å². The third-order valence-electron chi connectivity index (χ3n) is 6.85. The summed E-state index contributed by atoms with van der Waals surface area (Å²) in [5.74, 6) is 0.756. The predicted molar refractivity (Wildman–Crippen MR) is 147 cm³/mol. The van der Waals surface area contributed by atoms with Crippen LogP contribution < -0.4 is 15.5 Å². The molecule has 0 unspecified atom stereocenters. The number of carbonyl (C=O) groups excluding carboxylic acids is 1. The number of hydrogen-bond acceptors (Lipinski definition) is 8. The number of aromatic nitrogens is 4. The third-order valence-corrected chi connectivity index (χ3v) is 6.85. The van der Waals surface area contributed by atoms with Gasteiger partial charge >= 0.3 is 6.18 Å². The highest BCUT2D eigenvalue weighted by molar-refractivity contribution is 5.96. The molecule has 4 aromatic rings. The fourth-order valence-electron chi connectivity index (χ4n) is 4.46. The van der Waals surface area contributed by atoms with Crippen molar-refractivity contribution in [3.05, 3.63) is 77.2 Å². The van der Waals surface area contributed by atoms with Gasteiger partial charge in [-0.25, -0.2) is 19.9 Å². The lowest BCUT2D eigenvalue weighted by molar-refractivity contribution is -0.137.